The highest BCUT2D eigenvalue weighted by Crippen LogP contribution is 2.41. The number of Topliss-reactive ketones (excluding diaryl/α,β-unsaturated/α-hetero) is 1. The zero-order valence-corrected chi connectivity index (χ0v) is 14.1. The Balaban J connectivity index is 1.61. The lowest BCUT2D eigenvalue weighted by Gasteiger charge is -2.18. The zero-order chi connectivity index (χ0) is 17.4. The van der Waals surface area contributed by atoms with Crippen molar-refractivity contribution in [3.05, 3.63) is 71.4 Å². The second-order valence-corrected chi connectivity index (χ2v) is 6.70. The van der Waals surface area contributed by atoms with E-state index in [4.69, 9.17) is 0 Å². The number of aryl methyl sites for hydroxylation is 1. The number of rotatable bonds is 5. The van der Waals surface area contributed by atoms with E-state index in [0.717, 1.165) is 35.0 Å². The SMILES string of the molecule is Cc1[nH]c2ccccc2c1C(=O)C(=O)NC(c1ccccc1)C1CC1. The van der Waals surface area contributed by atoms with Gasteiger partial charge in [-0.15, -0.1) is 0 Å². The quantitative estimate of drug-likeness (QED) is 0.549. The Morgan fingerprint density at radius 1 is 1.04 bits per heavy atom. The summed E-state index contributed by atoms with van der Waals surface area (Å²) in [5.41, 5.74) is 3.12. The standard InChI is InChI=1S/C21H20N2O2/c1-13-18(16-9-5-6-10-17(16)22-13)20(24)21(25)23-19(15-11-12-15)14-7-3-2-4-8-14/h2-10,15,19,22H,11-12H2,1H3,(H,23,25). The number of benzene rings is 2. The lowest BCUT2D eigenvalue weighted by molar-refractivity contribution is -0.117. The maximum atomic E-state index is 12.8. The van der Waals surface area contributed by atoms with E-state index in [9.17, 15) is 9.59 Å². The molecule has 1 aliphatic rings. The Kier molecular flexibility index (Phi) is 3.88. The summed E-state index contributed by atoms with van der Waals surface area (Å²) in [4.78, 5) is 28.7. The van der Waals surface area contributed by atoms with E-state index in [1.165, 1.54) is 0 Å². The first-order chi connectivity index (χ1) is 12.1. The van der Waals surface area contributed by atoms with Crippen molar-refractivity contribution in [3.63, 3.8) is 0 Å². The maximum Gasteiger partial charge on any atom is 0.292 e. The van der Waals surface area contributed by atoms with Crippen molar-refractivity contribution in [2.75, 3.05) is 0 Å². The summed E-state index contributed by atoms with van der Waals surface area (Å²) in [6.07, 6.45) is 2.17. The number of H-pyrrole nitrogens is 1. The summed E-state index contributed by atoms with van der Waals surface area (Å²) in [7, 11) is 0. The first kappa shape index (κ1) is 15.6. The number of nitrogens with one attached hydrogen (secondary N) is 2. The van der Waals surface area contributed by atoms with Gasteiger partial charge >= 0.3 is 0 Å². The number of aromatic nitrogens is 1. The van der Waals surface area contributed by atoms with Crippen molar-refractivity contribution in [3.8, 4) is 0 Å². The molecule has 0 bridgehead atoms. The van der Waals surface area contributed by atoms with Crippen LogP contribution in [0.25, 0.3) is 10.9 Å². The molecule has 1 aliphatic carbocycles. The Hall–Kier alpha value is -2.88. The second kappa shape index (κ2) is 6.20. The molecule has 1 fully saturated rings. The van der Waals surface area contributed by atoms with Gasteiger partial charge in [-0.25, -0.2) is 0 Å². The van der Waals surface area contributed by atoms with Crippen molar-refractivity contribution in [1.29, 1.82) is 0 Å². The van der Waals surface area contributed by atoms with Crippen molar-refractivity contribution in [1.82, 2.24) is 10.3 Å². The zero-order valence-electron chi connectivity index (χ0n) is 14.1. The minimum Gasteiger partial charge on any atom is -0.358 e. The molecule has 0 saturated heterocycles. The summed E-state index contributed by atoms with van der Waals surface area (Å²) in [5, 5.41) is 3.77. The Labute approximate surface area is 146 Å². The number of carbonyl (C=O) groups is 2. The average molecular weight is 332 g/mol. The molecule has 0 radical (unpaired) electrons. The van der Waals surface area contributed by atoms with Gasteiger partial charge in [0.05, 0.1) is 11.6 Å². The summed E-state index contributed by atoms with van der Waals surface area (Å²) in [5.74, 6) is -0.589. The number of aromatic amines is 1. The van der Waals surface area contributed by atoms with Crippen LogP contribution in [0.3, 0.4) is 0 Å². The molecule has 4 heteroatoms. The van der Waals surface area contributed by atoms with Crippen molar-refractivity contribution < 1.29 is 9.59 Å². The van der Waals surface area contributed by atoms with E-state index in [1.807, 2.05) is 61.5 Å². The van der Waals surface area contributed by atoms with Crippen LogP contribution in [0.15, 0.2) is 54.6 Å². The van der Waals surface area contributed by atoms with Gasteiger partial charge in [-0.05, 0) is 37.3 Å². The predicted octanol–water partition coefficient (Wildman–Crippen LogP) is 3.93. The van der Waals surface area contributed by atoms with Crippen LogP contribution >= 0.6 is 0 Å². The molecule has 25 heavy (non-hydrogen) atoms. The summed E-state index contributed by atoms with van der Waals surface area (Å²) >= 11 is 0. The van der Waals surface area contributed by atoms with Gasteiger partial charge in [0.2, 0.25) is 0 Å². The number of para-hydroxylation sites is 1. The lowest BCUT2D eigenvalue weighted by Crippen LogP contribution is -2.35. The normalized spacial score (nSPS) is 15.1. The Bertz CT molecular complexity index is 939. The van der Waals surface area contributed by atoms with Crippen LogP contribution in [0.2, 0.25) is 0 Å². The summed E-state index contributed by atoms with van der Waals surface area (Å²) < 4.78 is 0. The molecule has 4 rings (SSSR count). The molecular weight excluding hydrogens is 312 g/mol. The number of ketones is 1. The molecule has 1 amide bonds. The average Bonchev–Trinajstić information content (AvgIpc) is 3.41. The van der Waals surface area contributed by atoms with Crippen LogP contribution < -0.4 is 5.32 Å². The van der Waals surface area contributed by atoms with Gasteiger partial charge in [0, 0.05) is 16.6 Å². The summed E-state index contributed by atoms with van der Waals surface area (Å²) in [6, 6.07) is 17.4. The number of fused-ring (bicyclic) bond motifs is 1. The van der Waals surface area contributed by atoms with Crippen LogP contribution in [0.5, 0.6) is 0 Å². The highest BCUT2D eigenvalue weighted by Gasteiger charge is 2.35. The van der Waals surface area contributed by atoms with E-state index in [-0.39, 0.29) is 6.04 Å². The fraction of sp³-hybridized carbons (Fsp3) is 0.238. The Morgan fingerprint density at radius 3 is 2.44 bits per heavy atom. The number of carbonyl (C=O) groups excluding carboxylic acids is 2. The fourth-order valence-corrected chi connectivity index (χ4v) is 3.45. The molecule has 126 valence electrons. The molecule has 0 spiro atoms. The third-order valence-corrected chi connectivity index (χ3v) is 4.87. The molecule has 1 heterocycles. The molecular formula is C21H20N2O2. The van der Waals surface area contributed by atoms with Crippen LogP contribution in [0, 0.1) is 12.8 Å². The fourth-order valence-electron chi connectivity index (χ4n) is 3.45. The topological polar surface area (TPSA) is 62.0 Å². The second-order valence-electron chi connectivity index (χ2n) is 6.70. The van der Waals surface area contributed by atoms with Gasteiger partial charge in [-0.2, -0.15) is 0 Å². The van der Waals surface area contributed by atoms with Crippen molar-refractivity contribution in [2.45, 2.75) is 25.8 Å². The molecule has 1 saturated carbocycles. The van der Waals surface area contributed by atoms with Gasteiger partial charge in [-0.3, -0.25) is 9.59 Å². The minimum atomic E-state index is -0.534. The van der Waals surface area contributed by atoms with E-state index in [0.29, 0.717) is 11.5 Å². The third-order valence-electron chi connectivity index (χ3n) is 4.87. The van der Waals surface area contributed by atoms with Crippen molar-refractivity contribution >= 4 is 22.6 Å². The van der Waals surface area contributed by atoms with Gasteiger partial charge in [0.25, 0.3) is 11.7 Å². The number of hydrogen-bond acceptors (Lipinski definition) is 2. The monoisotopic (exact) mass is 332 g/mol. The first-order valence-electron chi connectivity index (χ1n) is 8.62. The van der Waals surface area contributed by atoms with Crippen molar-refractivity contribution in [2.24, 2.45) is 5.92 Å². The first-order valence-corrected chi connectivity index (χ1v) is 8.62. The Morgan fingerprint density at radius 2 is 1.72 bits per heavy atom. The van der Waals surface area contributed by atoms with Gasteiger partial charge in [0.1, 0.15) is 0 Å². The van der Waals surface area contributed by atoms with Crippen LogP contribution in [-0.4, -0.2) is 16.7 Å². The molecule has 2 aromatic carbocycles. The van der Waals surface area contributed by atoms with E-state index >= 15 is 0 Å². The molecule has 1 unspecified atom stereocenters. The molecule has 4 nitrogen and oxygen atoms in total. The number of hydrogen-bond donors (Lipinski definition) is 2. The number of amides is 1. The smallest absolute Gasteiger partial charge is 0.292 e. The van der Waals surface area contributed by atoms with Gasteiger partial charge < -0.3 is 10.3 Å². The third kappa shape index (κ3) is 2.95. The summed E-state index contributed by atoms with van der Waals surface area (Å²) in [6.45, 7) is 1.83. The van der Waals surface area contributed by atoms with Gasteiger partial charge in [0.15, 0.2) is 0 Å². The van der Waals surface area contributed by atoms with Crippen LogP contribution in [0.1, 0.15) is 40.5 Å². The molecule has 1 aromatic heterocycles. The highest BCUT2D eigenvalue weighted by atomic mass is 16.2. The van der Waals surface area contributed by atoms with Crippen LogP contribution in [-0.2, 0) is 4.79 Å². The molecule has 3 aromatic rings. The molecule has 2 N–H and O–H groups in total. The molecule has 1 atom stereocenters. The van der Waals surface area contributed by atoms with E-state index < -0.39 is 11.7 Å². The predicted molar refractivity (Wildman–Crippen MR) is 97.4 cm³/mol. The highest BCUT2D eigenvalue weighted by molar-refractivity contribution is 6.45. The van der Waals surface area contributed by atoms with E-state index in [2.05, 4.69) is 10.3 Å². The maximum absolute atomic E-state index is 12.8. The molecule has 0 aliphatic heterocycles. The van der Waals surface area contributed by atoms with E-state index in [1.54, 1.807) is 0 Å². The van der Waals surface area contributed by atoms with Crippen LogP contribution in [0.4, 0.5) is 0 Å². The minimum absolute atomic E-state index is 0.0943. The lowest BCUT2D eigenvalue weighted by atomic mass is 10.0. The van der Waals surface area contributed by atoms with Gasteiger partial charge in [-0.1, -0.05) is 48.5 Å². The largest absolute Gasteiger partial charge is 0.358 e.